The number of benzene rings is 1. The number of carbonyl (C=O) groups is 1. The molecule has 1 aromatic carbocycles. The molecule has 0 aliphatic carbocycles. The summed E-state index contributed by atoms with van der Waals surface area (Å²) in [7, 11) is 0. The van der Waals surface area contributed by atoms with Crippen LogP contribution in [0.25, 0.3) is 0 Å². The van der Waals surface area contributed by atoms with E-state index < -0.39 is 0 Å². The van der Waals surface area contributed by atoms with Gasteiger partial charge in [0.2, 0.25) is 0 Å². The molecule has 0 bridgehead atoms. The second-order valence-electron chi connectivity index (χ2n) is 5.49. The molecule has 2 aromatic rings. The molecule has 1 N–H and O–H groups in total. The van der Waals surface area contributed by atoms with E-state index in [4.69, 9.17) is 0 Å². The number of likely N-dealkylation sites (tertiary alicyclic amines) is 1. The molecule has 3 rings (SSSR count). The molecule has 1 aromatic heterocycles. The van der Waals surface area contributed by atoms with Gasteiger partial charge in [-0.05, 0) is 48.6 Å². The summed E-state index contributed by atoms with van der Waals surface area (Å²) in [5.41, 5.74) is 0.696. The van der Waals surface area contributed by atoms with Crippen LogP contribution in [0, 0.1) is 0 Å². The minimum absolute atomic E-state index is 0.0172. The molecule has 1 saturated heterocycles. The van der Waals surface area contributed by atoms with Crippen molar-refractivity contribution in [3.63, 3.8) is 0 Å². The van der Waals surface area contributed by atoms with E-state index in [9.17, 15) is 4.79 Å². The zero-order valence-corrected chi connectivity index (χ0v) is 14.7. The van der Waals surface area contributed by atoms with E-state index in [0.29, 0.717) is 5.56 Å². The van der Waals surface area contributed by atoms with Crippen LogP contribution >= 0.6 is 27.3 Å². The monoisotopic (exact) mass is 378 g/mol. The Balaban J connectivity index is 1.77. The maximum absolute atomic E-state index is 12.6. The van der Waals surface area contributed by atoms with Crippen LogP contribution in [0.15, 0.2) is 46.3 Å². The molecule has 1 aliphatic heterocycles. The van der Waals surface area contributed by atoms with Gasteiger partial charge in [-0.3, -0.25) is 9.69 Å². The normalized spacial score (nSPS) is 17.1. The predicted molar refractivity (Wildman–Crippen MR) is 94.1 cm³/mol. The van der Waals surface area contributed by atoms with Gasteiger partial charge in [-0.25, -0.2) is 0 Å². The van der Waals surface area contributed by atoms with Crippen LogP contribution in [0.4, 0.5) is 0 Å². The SMILES string of the molecule is O=C(NC(c1cccs1)N1CCCCC1)c1ccc(Br)cc1. The van der Waals surface area contributed by atoms with Crippen molar-refractivity contribution in [2.24, 2.45) is 0 Å². The summed E-state index contributed by atoms with van der Waals surface area (Å²) in [6.07, 6.45) is 3.68. The molecule has 1 unspecified atom stereocenters. The minimum atomic E-state index is -0.0172. The average Bonchev–Trinajstić information content (AvgIpc) is 3.08. The van der Waals surface area contributed by atoms with Crippen LogP contribution in [0.1, 0.15) is 40.7 Å². The van der Waals surface area contributed by atoms with Crippen LogP contribution in [0.2, 0.25) is 0 Å². The van der Waals surface area contributed by atoms with Crippen molar-refractivity contribution in [1.29, 1.82) is 0 Å². The van der Waals surface area contributed by atoms with Gasteiger partial charge in [-0.2, -0.15) is 0 Å². The van der Waals surface area contributed by atoms with Crippen LogP contribution in [0.3, 0.4) is 0 Å². The number of amides is 1. The van der Waals surface area contributed by atoms with E-state index in [1.165, 1.54) is 24.1 Å². The predicted octanol–water partition coefficient (Wildman–Crippen LogP) is 4.43. The molecule has 5 heteroatoms. The largest absolute Gasteiger partial charge is 0.332 e. The van der Waals surface area contributed by atoms with Crippen LogP contribution < -0.4 is 5.32 Å². The zero-order chi connectivity index (χ0) is 15.4. The first-order valence-corrected chi connectivity index (χ1v) is 9.25. The molecule has 116 valence electrons. The van der Waals surface area contributed by atoms with Gasteiger partial charge in [0, 0.05) is 28.0 Å². The second kappa shape index (κ2) is 7.40. The Kier molecular flexibility index (Phi) is 5.28. The average molecular weight is 379 g/mol. The van der Waals surface area contributed by atoms with E-state index in [0.717, 1.165) is 17.6 Å². The highest BCUT2D eigenvalue weighted by molar-refractivity contribution is 9.10. The summed E-state index contributed by atoms with van der Waals surface area (Å²) in [6, 6.07) is 11.6. The lowest BCUT2D eigenvalue weighted by Gasteiger charge is -2.34. The molecule has 2 heterocycles. The van der Waals surface area contributed by atoms with Crippen molar-refractivity contribution in [3.05, 3.63) is 56.7 Å². The third-order valence-electron chi connectivity index (χ3n) is 3.94. The molecule has 0 radical (unpaired) electrons. The number of carbonyl (C=O) groups excluding carboxylic acids is 1. The molecule has 3 nitrogen and oxygen atoms in total. The summed E-state index contributed by atoms with van der Waals surface area (Å²) >= 11 is 5.10. The number of rotatable bonds is 4. The summed E-state index contributed by atoms with van der Waals surface area (Å²) in [6.45, 7) is 2.09. The summed E-state index contributed by atoms with van der Waals surface area (Å²) in [5.74, 6) is -0.0172. The number of nitrogens with zero attached hydrogens (tertiary/aromatic N) is 1. The molecule has 0 spiro atoms. The van der Waals surface area contributed by atoms with Gasteiger partial charge in [0.1, 0.15) is 6.17 Å². The van der Waals surface area contributed by atoms with E-state index in [2.05, 4.69) is 37.6 Å². The van der Waals surface area contributed by atoms with E-state index in [-0.39, 0.29) is 12.1 Å². The molecular formula is C17H19BrN2OS. The van der Waals surface area contributed by atoms with Gasteiger partial charge in [-0.1, -0.05) is 28.4 Å². The third kappa shape index (κ3) is 3.77. The zero-order valence-electron chi connectivity index (χ0n) is 12.3. The Morgan fingerprint density at radius 2 is 1.86 bits per heavy atom. The Morgan fingerprint density at radius 3 is 2.50 bits per heavy atom. The van der Waals surface area contributed by atoms with E-state index in [1.807, 2.05) is 30.3 Å². The molecule has 1 fully saturated rings. The number of hydrogen-bond acceptors (Lipinski definition) is 3. The van der Waals surface area contributed by atoms with Crippen molar-refractivity contribution in [2.75, 3.05) is 13.1 Å². The molecule has 0 saturated carbocycles. The second-order valence-corrected chi connectivity index (χ2v) is 7.39. The Bertz CT molecular complexity index is 606. The van der Waals surface area contributed by atoms with Crippen molar-refractivity contribution >= 4 is 33.2 Å². The summed E-state index contributed by atoms with van der Waals surface area (Å²) in [4.78, 5) is 16.1. The smallest absolute Gasteiger partial charge is 0.252 e. The summed E-state index contributed by atoms with van der Waals surface area (Å²) in [5, 5.41) is 5.27. The first-order chi connectivity index (χ1) is 10.7. The standard InChI is InChI=1S/C17H19BrN2OS/c18-14-8-6-13(7-9-14)17(21)19-16(15-5-4-12-22-15)20-10-2-1-3-11-20/h4-9,12,16H,1-3,10-11H2,(H,19,21). The first kappa shape index (κ1) is 15.7. The lowest BCUT2D eigenvalue weighted by Crippen LogP contribution is -2.43. The number of hydrogen-bond donors (Lipinski definition) is 1. The highest BCUT2D eigenvalue weighted by Crippen LogP contribution is 2.26. The van der Waals surface area contributed by atoms with Gasteiger partial charge in [-0.15, -0.1) is 11.3 Å². The van der Waals surface area contributed by atoms with Crippen molar-refractivity contribution in [1.82, 2.24) is 10.2 Å². The minimum Gasteiger partial charge on any atom is -0.332 e. The fraction of sp³-hybridized carbons (Fsp3) is 0.353. The van der Waals surface area contributed by atoms with Crippen molar-refractivity contribution in [2.45, 2.75) is 25.4 Å². The Hall–Kier alpha value is -1.17. The van der Waals surface area contributed by atoms with Gasteiger partial charge in [0.05, 0.1) is 0 Å². The molecule has 1 aliphatic rings. The lowest BCUT2D eigenvalue weighted by atomic mass is 10.1. The van der Waals surface area contributed by atoms with Gasteiger partial charge in [0.15, 0.2) is 0 Å². The maximum Gasteiger partial charge on any atom is 0.252 e. The first-order valence-electron chi connectivity index (χ1n) is 7.58. The molecule has 1 atom stereocenters. The van der Waals surface area contributed by atoms with Gasteiger partial charge >= 0.3 is 0 Å². The molecule has 1 amide bonds. The molecular weight excluding hydrogens is 360 g/mol. The summed E-state index contributed by atoms with van der Waals surface area (Å²) < 4.78 is 0.981. The van der Waals surface area contributed by atoms with Crippen LogP contribution in [0.5, 0.6) is 0 Å². The topological polar surface area (TPSA) is 32.3 Å². The van der Waals surface area contributed by atoms with Gasteiger partial charge < -0.3 is 5.32 Å². The van der Waals surface area contributed by atoms with E-state index in [1.54, 1.807) is 11.3 Å². The maximum atomic E-state index is 12.6. The van der Waals surface area contributed by atoms with Crippen molar-refractivity contribution in [3.8, 4) is 0 Å². The Morgan fingerprint density at radius 1 is 1.14 bits per heavy atom. The Labute approximate surface area is 143 Å². The molecule has 22 heavy (non-hydrogen) atoms. The van der Waals surface area contributed by atoms with Crippen LogP contribution in [-0.4, -0.2) is 23.9 Å². The number of piperidine rings is 1. The fourth-order valence-electron chi connectivity index (χ4n) is 2.77. The highest BCUT2D eigenvalue weighted by Gasteiger charge is 2.25. The quantitative estimate of drug-likeness (QED) is 0.853. The lowest BCUT2D eigenvalue weighted by molar-refractivity contribution is 0.0818. The fourth-order valence-corrected chi connectivity index (χ4v) is 3.85. The van der Waals surface area contributed by atoms with E-state index >= 15 is 0 Å². The van der Waals surface area contributed by atoms with Gasteiger partial charge in [0.25, 0.3) is 5.91 Å². The van der Waals surface area contributed by atoms with Crippen LogP contribution in [-0.2, 0) is 0 Å². The number of thiophene rings is 1. The highest BCUT2D eigenvalue weighted by atomic mass is 79.9. The number of nitrogens with one attached hydrogen (secondary N) is 1. The third-order valence-corrected chi connectivity index (χ3v) is 5.40. The van der Waals surface area contributed by atoms with Crippen molar-refractivity contribution < 1.29 is 4.79 Å². The number of halogens is 1.